The Hall–Kier alpha value is -2.73. The number of halogens is 1. The van der Waals surface area contributed by atoms with Gasteiger partial charge in [-0.3, -0.25) is 0 Å². The van der Waals surface area contributed by atoms with Crippen molar-refractivity contribution in [1.82, 2.24) is 15.4 Å². The van der Waals surface area contributed by atoms with Gasteiger partial charge in [0.2, 0.25) is 11.8 Å². The fourth-order valence-corrected chi connectivity index (χ4v) is 3.07. The molecule has 4 rings (SSSR count). The molecule has 0 radical (unpaired) electrons. The van der Waals surface area contributed by atoms with E-state index in [9.17, 15) is 0 Å². The number of aryl methyl sites for hydroxylation is 1. The van der Waals surface area contributed by atoms with Crippen molar-refractivity contribution in [2.45, 2.75) is 19.8 Å². The molecule has 0 aliphatic heterocycles. The van der Waals surface area contributed by atoms with Gasteiger partial charge in [0.25, 0.3) is 0 Å². The summed E-state index contributed by atoms with van der Waals surface area (Å²) in [7, 11) is 0. The van der Waals surface area contributed by atoms with E-state index in [2.05, 4.69) is 38.2 Å². The first-order valence-corrected chi connectivity index (χ1v) is 9.15. The lowest BCUT2D eigenvalue weighted by molar-refractivity contribution is 0.424. The predicted molar refractivity (Wildman–Crippen MR) is 102 cm³/mol. The summed E-state index contributed by atoms with van der Waals surface area (Å²) in [5.74, 6) is 1.80. The minimum Gasteiger partial charge on any atom is -0.420 e. The molecule has 0 bridgehead atoms. The molecule has 0 aliphatic carbocycles. The van der Waals surface area contributed by atoms with Crippen LogP contribution in [0.5, 0.6) is 0 Å². The van der Waals surface area contributed by atoms with Gasteiger partial charge in [-0.15, -0.1) is 10.2 Å². The minimum atomic E-state index is 0.484. The largest absolute Gasteiger partial charge is 0.420 e. The minimum absolute atomic E-state index is 0.484. The Kier molecular flexibility index (Phi) is 4.67. The molecule has 2 aromatic heterocycles. The number of hydrogen-bond acceptors (Lipinski definition) is 5. The van der Waals surface area contributed by atoms with Gasteiger partial charge in [-0.05, 0) is 30.7 Å². The first-order chi connectivity index (χ1) is 12.7. The molecular weight excluding hydrogens is 394 g/mol. The van der Waals surface area contributed by atoms with Gasteiger partial charge < -0.3 is 8.94 Å². The van der Waals surface area contributed by atoms with Crippen molar-refractivity contribution in [1.29, 1.82) is 0 Å². The van der Waals surface area contributed by atoms with E-state index < -0.39 is 0 Å². The molecule has 2 heterocycles. The number of hydrogen-bond donors (Lipinski definition) is 0. The van der Waals surface area contributed by atoms with Crippen LogP contribution in [0.4, 0.5) is 0 Å². The van der Waals surface area contributed by atoms with Crippen molar-refractivity contribution in [3.63, 3.8) is 0 Å². The molecule has 26 heavy (non-hydrogen) atoms. The van der Waals surface area contributed by atoms with Gasteiger partial charge in [0.05, 0.1) is 12.1 Å². The van der Waals surface area contributed by atoms with E-state index in [-0.39, 0.29) is 0 Å². The van der Waals surface area contributed by atoms with Gasteiger partial charge in [0, 0.05) is 21.2 Å². The number of nitrogens with zero attached hydrogens (tertiary/aromatic N) is 3. The first kappa shape index (κ1) is 16.7. The van der Waals surface area contributed by atoms with Crippen molar-refractivity contribution in [3.05, 3.63) is 76.2 Å². The molecule has 0 N–H and O–H groups in total. The Morgan fingerprint density at radius 3 is 2.42 bits per heavy atom. The average molecular weight is 410 g/mol. The van der Waals surface area contributed by atoms with Crippen molar-refractivity contribution in [2.75, 3.05) is 0 Å². The SMILES string of the molecule is CCc1noc(-c2ccc(Br)cc2)c1Cc1nnc(-c2ccccc2)o1. The quantitative estimate of drug-likeness (QED) is 0.446. The predicted octanol–water partition coefficient (Wildman–Crippen LogP) is 5.31. The molecule has 6 heteroatoms. The maximum atomic E-state index is 5.85. The van der Waals surface area contributed by atoms with Gasteiger partial charge in [-0.25, -0.2) is 0 Å². The highest BCUT2D eigenvalue weighted by Gasteiger charge is 2.20. The van der Waals surface area contributed by atoms with Gasteiger partial charge in [-0.1, -0.05) is 58.3 Å². The first-order valence-electron chi connectivity index (χ1n) is 8.35. The summed E-state index contributed by atoms with van der Waals surface area (Å²) in [6.07, 6.45) is 1.26. The van der Waals surface area contributed by atoms with E-state index in [0.29, 0.717) is 18.2 Å². The number of aromatic nitrogens is 3. The second kappa shape index (κ2) is 7.25. The molecule has 0 saturated heterocycles. The van der Waals surface area contributed by atoms with E-state index in [1.165, 1.54) is 0 Å². The van der Waals surface area contributed by atoms with Crippen LogP contribution in [0.25, 0.3) is 22.8 Å². The summed E-state index contributed by atoms with van der Waals surface area (Å²) in [6, 6.07) is 17.7. The fraction of sp³-hybridized carbons (Fsp3) is 0.150. The maximum absolute atomic E-state index is 5.85. The Morgan fingerprint density at radius 1 is 0.923 bits per heavy atom. The van der Waals surface area contributed by atoms with Gasteiger partial charge in [0.1, 0.15) is 0 Å². The Labute approximate surface area is 159 Å². The molecule has 4 aromatic rings. The van der Waals surface area contributed by atoms with Gasteiger partial charge >= 0.3 is 0 Å². The molecule has 0 unspecified atom stereocenters. The summed E-state index contributed by atoms with van der Waals surface area (Å²) in [5.41, 5.74) is 3.76. The highest BCUT2D eigenvalue weighted by Crippen LogP contribution is 2.30. The Bertz CT molecular complexity index is 1010. The number of rotatable bonds is 5. The van der Waals surface area contributed by atoms with Crippen LogP contribution in [0.2, 0.25) is 0 Å². The smallest absolute Gasteiger partial charge is 0.247 e. The zero-order valence-electron chi connectivity index (χ0n) is 14.1. The summed E-state index contributed by atoms with van der Waals surface area (Å²) >= 11 is 3.45. The van der Waals surface area contributed by atoms with Gasteiger partial charge in [0.15, 0.2) is 5.76 Å². The molecule has 5 nitrogen and oxygen atoms in total. The molecule has 0 fully saturated rings. The zero-order valence-corrected chi connectivity index (χ0v) is 15.7. The van der Waals surface area contributed by atoms with Crippen LogP contribution in [-0.2, 0) is 12.8 Å². The maximum Gasteiger partial charge on any atom is 0.247 e. The summed E-state index contributed by atoms with van der Waals surface area (Å²) in [4.78, 5) is 0. The van der Waals surface area contributed by atoms with E-state index in [0.717, 1.165) is 39.0 Å². The van der Waals surface area contributed by atoms with Crippen LogP contribution in [0.15, 0.2) is 68.0 Å². The van der Waals surface area contributed by atoms with Crippen LogP contribution in [0, 0.1) is 0 Å². The Morgan fingerprint density at radius 2 is 1.69 bits per heavy atom. The van der Waals surface area contributed by atoms with E-state index >= 15 is 0 Å². The normalized spacial score (nSPS) is 11.0. The molecule has 2 aromatic carbocycles. The lowest BCUT2D eigenvalue weighted by Gasteiger charge is -2.01. The lowest BCUT2D eigenvalue weighted by Crippen LogP contribution is -1.94. The van der Waals surface area contributed by atoms with Crippen LogP contribution in [-0.4, -0.2) is 15.4 Å². The molecule has 130 valence electrons. The molecule has 0 atom stereocenters. The van der Waals surface area contributed by atoms with E-state index in [1.54, 1.807) is 0 Å². The van der Waals surface area contributed by atoms with Crippen molar-refractivity contribution in [2.24, 2.45) is 0 Å². The second-order valence-corrected chi connectivity index (χ2v) is 6.76. The zero-order chi connectivity index (χ0) is 17.9. The monoisotopic (exact) mass is 409 g/mol. The van der Waals surface area contributed by atoms with Gasteiger partial charge in [-0.2, -0.15) is 0 Å². The third-order valence-electron chi connectivity index (χ3n) is 4.13. The fourth-order valence-electron chi connectivity index (χ4n) is 2.80. The highest BCUT2D eigenvalue weighted by atomic mass is 79.9. The molecule has 0 aliphatic rings. The Balaban J connectivity index is 1.67. The van der Waals surface area contributed by atoms with E-state index in [1.807, 2.05) is 54.6 Å². The summed E-state index contributed by atoms with van der Waals surface area (Å²) < 4.78 is 12.5. The standard InChI is InChI=1S/C20H16BrN3O2/c1-2-17-16(19(26-24-17)13-8-10-15(21)11-9-13)12-18-22-23-20(25-18)14-6-4-3-5-7-14/h3-11H,2,12H2,1H3. The van der Waals surface area contributed by atoms with Crippen molar-refractivity contribution >= 4 is 15.9 Å². The second-order valence-electron chi connectivity index (χ2n) is 5.84. The highest BCUT2D eigenvalue weighted by molar-refractivity contribution is 9.10. The lowest BCUT2D eigenvalue weighted by atomic mass is 10.0. The number of benzene rings is 2. The average Bonchev–Trinajstić information content (AvgIpc) is 3.31. The molecule has 0 saturated carbocycles. The van der Waals surface area contributed by atoms with Crippen LogP contribution in [0.3, 0.4) is 0 Å². The summed E-state index contributed by atoms with van der Waals surface area (Å²) in [5, 5.41) is 12.6. The van der Waals surface area contributed by atoms with Crippen molar-refractivity contribution < 1.29 is 8.94 Å². The topological polar surface area (TPSA) is 65.0 Å². The molecule has 0 amide bonds. The van der Waals surface area contributed by atoms with Crippen LogP contribution >= 0.6 is 15.9 Å². The van der Waals surface area contributed by atoms with E-state index in [4.69, 9.17) is 8.94 Å². The van der Waals surface area contributed by atoms with Crippen LogP contribution < -0.4 is 0 Å². The molecule has 0 spiro atoms. The van der Waals surface area contributed by atoms with Crippen LogP contribution in [0.1, 0.15) is 24.1 Å². The van der Waals surface area contributed by atoms with Crippen molar-refractivity contribution in [3.8, 4) is 22.8 Å². The summed E-state index contributed by atoms with van der Waals surface area (Å²) in [6.45, 7) is 2.05. The third-order valence-corrected chi connectivity index (χ3v) is 4.66. The third kappa shape index (κ3) is 3.32. The molecular formula is C20H16BrN3O2.